The molecule has 0 aliphatic heterocycles. The number of aromatic amines is 1. The molecule has 1 N–H and O–H groups in total. The Kier molecular flexibility index (Phi) is 5.06. The van der Waals surface area contributed by atoms with Gasteiger partial charge in [0.05, 0.1) is 23.4 Å². The number of aromatic nitrogens is 2. The van der Waals surface area contributed by atoms with Crippen LogP contribution in [0.25, 0.3) is 5.69 Å². The van der Waals surface area contributed by atoms with E-state index in [4.69, 9.17) is 0 Å². The molecule has 0 unspecified atom stereocenters. The highest BCUT2D eigenvalue weighted by atomic mass is 19.4. The maximum absolute atomic E-state index is 13.2. The normalized spacial score (nSPS) is 12.8. The predicted octanol–water partition coefficient (Wildman–Crippen LogP) is 4.49. The number of imidazole rings is 1. The molecule has 0 atom stereocenters. The van der Waals surface area contributed by atoms with Crippen molar-refractivity contribution in [2.45, 2.75) is 39.0 Å². The number of hydrogen-bond donors (Lipinski definition) is 1. The van der Waals surface area contributed by atoms with E-state index in [1.54, 1.807) is 13.8 Å². The van der Waals surface area contributed by atoms with Crippen molar-refractivity contribution < 1.29 is 26.3 Å². The van der Waals surface area contributed by atoms with Crippen molar-refractivity contribution in [3.05, 3.63) is 51.7 Å². The highest BCUT2D eigenvalue weighted by molar-refractivity contribution is 5.45. The van der Waals surface area contributed by atoms with Crippen LogP contribution in [0.5, 0.6) is 0 Å². The average molecular weight is 366 g/mol. The molecule has 0 aliphatic carbocycles. The molecular formula is C16H16F6N2O. The molecule has 1 aromatic heterocycles. The fourth-order valence-corrected chi connectivity index (χ4v) is 2.63. The summed E-state index contributed by atoms with van der Waals surface area (Å²) < 4.78 is 78.9. The zero-order valence-corrected chi connectivity index (χ0v) is 13.4. The quantitative estimate of drug-likeness (QED) is 0.796. The lowest BCUT2D eigenvalue weighted by atomic mass is 10.0. The van der Waals surface area contributed by atoms with E-state index in [0.717, 1.165) is 18.2 Å². The van der Waals surface area contributed by atoms with Crippen LogP contribution in [0.15, 0.2) is 29.1 Å². The summed E-state index contributed by atoms with van der Waals surface area (Å²) in [6, 6.07) is 4.07. The van der Waals surface area contributed by atoms with Gasteiger partial charge >= 0.3 is 18.0 Å². The zero-order valence-electron chi connectivity index (χ0n) is 13.4. The van der Waals surface area contributed by atoms with Gasteiger partial charge in [-0.2, -0.15) is 26.3 Å². The Morgan fingerprint density at radius 1 is 1.08 bits per heavy atom. The number of nitrogens with zero attached hydrogens (tertiary/aromatic N) is 1. The number of rotatable bonds is 4. The van der Waals surface area contributed by atoms with Crippen molar-refractivity contribution >= 4 is 0 Å². The summed E-state index contributed by atoms with van der Waals surface area (Å²) in [5, 5.41) is 0. The number of H-pyrrole nitrogens is 1. The van der Waals surface area contributed by atoms with Gasteiger partial charge in [-0.05, 0) is 24.5 Å². The Labute approximate surface area is 139 Å². The summed E-state index contributed by atoms with van der Waals surface area (Å²) in [5.74, 6) is -0.0867. The van der Waals surface area contributed by atoms with Gasteiger partial charge in [0.25, 0.3) is 0 Å². The number of para-hydroxylation sites is 1. The number of halogens is 6. The molecule has 0 fully saturated rings. The van der Waals surface area contributed by atoms with Gasteiger partial charge < -0.3 is 4.98 Å². The minimum absolute atomic E-state index is 0.00528. The highest BCUT2D eigenvalue weighted by Gasteiger charge is 2.37. The molecule has 1 heterocycles. The third-order valence-electron chi connectivity index (χ3n) is 3.51. The van der Waals surface area contributed by atoms with Gasteiger partial charge in [0.15, 0.2) is 0 Å². The van der Waals surface area contributed by atoms with E-state index >= 15 is 0 Å². The van der Waals surface area contributed by atoms with Gasteiger partial charge in [-0.1, -0.05) is 26.0 Å². The fourth-order valence-electron chi connectivity index (χ4n) is 2.63. The topological polar surface area (TPSA) is 37.8 Å². The Bertz CT molecular complexity index is 798. The van der Waals surface area contributed by atoms with E-state index in [0.29, 0.717) is 4.57 Å². The van der Waals surface area contributed by atoms with E-state index in [-0.39, 0.29) is 18.0 Å². The van der Waals surface area contributed by atoms with E-state index in [9.17, 15) is 31.1 Å². The molecule has 0 radical (unpaired) electrons. The molecule has 0 spiro atoms. The molecule has 0 bridgehead atoms. The summed E-state index contributed by atoms with van der Waals surface area (Å²) in [4.78, 5) is 14.5. The molecule has 2 rings (SSSR count). The van der Waals surface area contributed by atoms with Crippen LogP contribution in [-0.4, -0.2) is 15.7 Å². The van der Waals surface area contributed by atoms with Crippen molar-refractivity contribution in [1.29, 1.82) is 0 Å². The van der Waals surface area contributed by atoms with Crippen molar-refractivity contribution in [2.75, 3.05) is 0 Å². The van der Waals surface area contributed by atoms with Gasteiger partial charge in [-0.3, -0.25) is 4.57 Å². The third kappa shape index (κ3) is 4.46. The van der Waals surface area contributed by atoms with Crippen LogP contribution in [0.2, 0.25) is 0 Å². The van der Waals surface area contributed by atoms with Gasteiger partial charge in [0.2, 0.25) is 0 Å². The first-order chi connectivity index (χ1) is 11.4. The van der Waals surface area contributed by atoms with Crippen molar-refractivity contribution in [2.24, 2.45) is 5.92 Å². The van der Waals surface area contributed by atoms with Crippen LogP contribution in [0.1, 0.15) is 30.8 Å². The summed E-state index contributed by atoms with van der Waals surface area (Å²) >= 11 is 0. The van der Waals surface area contributed by atoms with Gasteiger partial charge in [-0.15, -0.1) is 0 Å². The lowest BCUT2D eigenvalue weighted by Gasteiger charge is -2.16. The van der Waals surface area contributed by atoms with Crippen LogP contribution >= 0.6 is 0 Å². The smallest absolute Gasteiger partial charge is 0.309 e. The van der Waals surface area contributed by atoms with Crippen LogP contribution in [0, 0.1) is 5.92 Å². The first-order valence-corrected chi connectivity index (χ1v) is 7.46. The molecule has 0 saturated heterocycles. The van der Waals surface area contributed by atoms with Crippen LogP contribution in [-0.2, 0) is 19.0 Å². The highest BCUT2D eigenvalue weighted by Crippen LogP contribution is 2.34. The minimum Gasteiger partial charge on any atom is -0.309 e. The van der Waals surface area contributed by atoms with Gasteiger partial charge in [0, 0.05) is 5.69 Å². The van der Waals surface area contributed by atoms with Crippen molar-refractivity contribution in [3.63, 3.8) is 0 Å². The molecular weight excluding hydrogens is 350 g/mol. The molecule has 9 heteroatoms. The van der Waals surface area contributed by atoms with Crippen LogP contribution in [0.3, 0.4) is 0 Å². The van der Waals surface area contributed by atoms with Gasteiger partial charge in [-0.25, -0.2) is 4.79 Å². The average Bonchev–Trinajstić information content (AvgIpc) is 2.71. The summed E-state index contributed by atoms with van der Waals surface area (Å²) in [6.45, 7) is 3.47. The minimum atomic E-state index is -4.80. The molecule has 25 heavy (non-hydrogen) atoms. The van der Waals surface area contributed by atoms with Gasteiger partial charge in [0.1, 0.15) is 0 Å². The third-order valence-corrected chi connectivity index (χ3v) is 3.51. The molecule has 1 aromatic carbocycles. The second-order valence-electron chi connectivity index (χ2n) is 6.10. The number of hydrogen-bond acceptors (Lipinski definition) is 1. The first kappa shape index (κ1) is 19.1. The Morgan fingerprint density at radius 3 is 2.20 bits per heavy atom. The Morgan fingerprint density at radius 2 is 1.68 bits per heavy atom. The maximum atomic E-state index is 13.2. The molecule has 3 nitrogen and oxygen atoms in total. The predicted molar refractivity (Wildman–Crippen MR) is 79.7 cm³/mol. The molecule has 0 aliphatic rings. The zero-order chi connectivity index (χ0) is 19.0. The van der Waals surface area contributed by atoms with E-state index in [1.807, 2.05) is 0 Å². The first-order valence-electron chi connectivity index (χ1n) is 7.46. The Hall–Kier alpha value is -2.19. The Balaban J connectivity index is 2.74. The SMILES string of the molecule is CC(C)Cc1[nH]c(=O)n(-c2ccccc2C(F)(F)F)c1CC(F)(F)F. The number of alkyl halides is 6. The van der Waals surface area contributed by atoms with Crippen molar-refractivity contribution in [1.82, 2.24) is 9.55 Å². The second kappa shape index (κ2) is 6.61. The number of benzene rings is 1. The second-order valence-corrected chi connectivity index (χ2v) is 6.10. The summed E-state index contributed by atoms with van der Waals surface area (Å²) in [5.41, 5.74) is -3.31. The molecule has 138 valence electrons. The summed E-state index contributed by atoms with van der Waals surface area (Å²) in [6.07, 6.45) is -10.9. The van der Waals surface area contributed by atoms with Crippen LogP contribution < -0.4 is 5.69 Å². The molecule has 2 aromatic rings. The summed E-state index contributed by atoms with van der Waals surface area (Å²) in [7, 11) is 0. The molecule has 0 saturated carbocycles. The van der Waals surface area contributed by atoms with Crippen LogP contribution in [0.4, 0.5) is 26.3 Å². The lowest BCUT2D eigenvalue weighted by Crippen LogP contribution is -2.23. The fraction of sp³-hybridized carbons (Fsp3) is 0.438. The lowest BCUT2D eigenvalue weighted by molar-refractivity contribution is -0.137. The van der Waals surface area contributed by atoms with E-state index in [1.165, 1.54) is 6.07 Å². The maximum Gasteiger partial charge on any atom is 0.418 e. The largest absolute Gasteiger partial charge is 0.418 e. The van der Waals surface area contributed by atoms with Crippen molar-refractivity contribution in [3.8, 4) is 5.69 Å². The van der Waals surface area contributed by atoms with E-state index < -0.39 is 41.4 Å². The van der Waals surface area contributed by atoms with E-state index in [2.05, 4.69) is 4.98 Å². The monoisotopic (exact) mass is 366 g/mol. The standard InChI is InChI=1S/C16H16F6N2O/c1-9(2)7-11-13(8-15(17,18)19)24(14(25)23-11)12-6-4-3-5-10(12)16(20,21)22/h3-6,9H,7-8H2,1-2H3,(H,23,25). The molecule has 0 amide bonds. The number of nitrogens with one attached hydrogen (secondary N) is 1.